The van der Waals surface area contributed by atoms with Crippen LogP contribution in [-0.4, -0.2) is 18.3 Å². The van der Waals surface area contributed by atoms with Gasteiger partial charge in [0.25, 0.3) is 0 Å². The van der Waals surface area contributed by atoms with Crippen LogP contribution >= 0.6 is 0 Å². The van der Waals surface area contributed by atoms with E-state index >= 15 is 0 Å². The molecular formula is C22H32O3. The van der Waals surface area contributed by atoms with Crippen molar-refractivity contribution in [1.82, 2.24) is 0 Å². The minimum Gasteiger partial charge on any atom is -0.507 e. The number of hydrogen-bond acceptors (Lipinski definition) is 3. The highest BCUT2D eigenvalue weighted by Gasteiger charge is 2.14. The van der Waals surface area contributed by atoms with E-state index in [0.717, 1.165) is 29.4 Å². The second-order valence-corrected chi connectivity index (χ2v) is 6.59. The average Bonchev–Trinajstić information content (AvgIpc) is 2.63. The molecule has 0 radical (unpaired) electrons. The summed E-state index contributed by atoms with van der Waals surface area (Å²) in [5.41, 5.74) is 0. The van der Waals surface area contributed by atoms with E-state index in [0.29, 0.717) is 19.0 Å². The summed E-state index contributed by atoms with van der Waals surface area (Å²) in [6.45, 7) is 5.75. The molecule has 0 aromatic heterocycles. The Balaban J connectivity index is 2.12. The predicted molar refractivity (Wildman–Crippen MR) is 105 cm³/mol. The monoisotopic (exact) mass is 344 g/mol. The Morgan fingerprint density at radius 3 is 2.00 bits per heavy atom. The lowest BCUT2D eigenvalue weighted by atomic mass is 10.1. The number of hydrogen-bond donors (Lipinski definition) is 1. The van der Waals surface area contributed by atoms with E-state index in [1.54, 1.807) is 6.07 Å². The van der Waals surface area contributed by atoms with Crippen molar-refractivity contribution < 1.29 is 14.6 Å². The summed E-state index contributed by atoms with van der Waals surface area (Å²) >= 11 is 0. The molecule has 3 nitrogen and oxygen atoms in total. The summed E-state index contributed by atoms with van der Waals surface area (Å²) in [6, 6.07) is 9.50. The van der Waals surface area contributed by atoms with Gasteiger partial charge in [0.1, 0.15) is 5.75 Å². The van der Waals surface area contributed by atoms with E-state index in [1.807, 2.05) is 24.3 Å². The van der Waals surface area contributed by atoms with Crippen LogP contribution in [0.1, 0.15) is 65.2 Å². The molecule has 0 atom stereocenters. The molecule has 0 aliphatic carbocycles. The molecule has 2 aromatic carbocycles. The third kappa shape index (κ3) is 5.84. The lowest BCUT2D eigenvalue weighted by Gasteiger charge is -2.16. The Hall–Kier alpha value is -1.90. The fraction of sp³-hybridized carbons (Fsp3) is 0.545. The van der Waals surface area contributed by atoms with E-state index < -0.39 is 0 Å². The van der Waals surface area contributed by atoms with Gasteiger partial charge in [-0.05, 0) is 12.8 Å². The third-order valence-electron chi connectivity index (χ3n) is 4.44. The van der Waals surface area contributed by atoms with E-state index in [1.165, 1.54) is 38.5 Å². The maximum Gasteiger partial charge on any atom is 0.169 e. The predicted octanol–water partition coefficient (Wildman–Crippen LogP) is 6.46. The van der Waals surface area contributed by atoms with Gasteiger partial charge in [-0.15, -0.1) is 0 Å². The third-order valence-corrected chi connectivity index (χ3v) is 4.44. The lowest BCUT2D eigenvalue weighted by molar-refractivity contribution is 0.260. The van der Waals surface area contributed by atoms with Gasteiger partial charge in [0, 0.05) is 16.8 Å². The SMILES string of the molecule is CCCCCCOc1cc(O)c2ccccc2c1OCCCCCC. The van der Waals surface area contributed by atoms with Gasteiger partial charge in [-0.2, -0.15) is 0 Å². The molecule has 0 aliphatic rings. The first-order chi connectivity index (χ1) is 12.3. The smallest absolute Gasteiger partial charge is 0.169 e. The van der Waals surface area contributed by atoms with Gasteiger partial charge >= 0.3 is 0 Å². The van der Waals surface area contributed by atoms with Crippen LogP contribution in [0.4, 0.5) is 0 Å². The average molecular weight is 344 g/mol. The summed E-state index contributed by atoms with van der Waals surface area (Å²) in [6.07, 6.45) is 9.31. The number of phenolic OH excluding ortho intramolecular Hbond substituents is 1. The number of phenols is 1. The highest BCUT2D eigenvalue weighted by atomic mass is 16.5. The van der Waals surface area contributed by atoms with Crippen molar-refractivity contribution in [2.45, 2.75) is 65.2 Å². The van der Waals surface area contributed by atoms with E-state index in [2.05, 4.69) is 13.8 Å². The zero-order chi connectivity index (χ0) is 17.9. The molecule has 0 fully saturated rings. The molecule has 0 saturated carbocycles. The van der Waals surface area contributed by atoms with Crippen molar-refractivity contribution in [2.75, 3.05) is 13.2 Å². The first-order valence-electron chi connectivity index (χ1n) is 9.78. The van der Waals surface area contributed by atoms with Gasteiger partial charge in [0.05, 0.1) is 13.2 Å². The minimum atomic E-state index is 0.248. The Morgan fingerprint density at radius 2 is 1.36 bits per heavy atom. The van der Waals surface area contributed by atoms with Crippen molar-refractivity contribution in [3.05, 3.63) is 30.3 Å². The maximum absolute atomic E-state index is 10.3. The fourth-order valence-electron chi connectivity index (χ4n) is 2.97. The molecule has 138 valence electrons. The number of ether oxygens (including phenoxy) is 2. The molecule has 3 heteroatoms. The molecule has 0 heterocycles. The first kappa shape index (κ1) is 19.4. The second-order valence-electron chi connectivity index (χ2n) is 6.59. The van der Waals surface area contributed by atoms with Gasteiger partial charge < -0.3 is 14.6 Å². The van der Waals surface area contributed by atoms with Crippen molar-refractivity contribution in [2.24, 2.45) is 0 Å². The Kier molecular flexibility index (Phi) is 8.44. The van der Waals surface area contributed by atoms with Crippen LogP contribution < -0.4 is 9.47 Å². The number of fused-ring (bicyclic) bond motifs is 1. The summed E-state index contributed by atoms with van der Waals surface area (Å²) in [7, 11) is 0. The number of rotatable bonds is 12. The zero-order valence-electron chi connectivity index (χ0n) is 15.7. The molecule has 1 N–H and O–H groups in total. The van der Waals surface area contributed by atoms with Crippen molar-refractivity contribution in [3.8, 4) is 17.2 Å². The number of aromatic hydroxyl groups is 1. The highest BCUT2D eigenvalue weighted by molar-refractivity contribution is 5.95. The van der Waals surface area contributed by atoms with Gasteiger partial charge in [0.15, 0.2) is 11.5 Å². The first-order valence-corrected chi connectivity index (χ1v) is 9.78. The van der Waals surface area contributed by atoms with Crippen molar-refractivity contribution in [1.29, 1.82) is 0 Å². The van der Waals surface area contributed by atoms with Crippen LogP contribution in [0.5, 0.6) is 17.2 Å². The van der Waals surface area contributed by atoms with E-state index in [4.69, 9.17) is 9.47 Å². The van der Waals surface area contributed by atoms with Crippen LogP contribution in [0.15, 0.2) is 30.3 Å². The fourth-order valence-corrected chi connectivity index (χ4v) is 2.97. The molecule has 0 bridgehead atoms. The number of unbranched alkanes of at least 4 members (excludes halogenated alkanes) is 6. The number of benzene rings is 2. The van der Waals surface area contributed by atoms with E-state index in [9.17, 15) is 5.11 Å². The second kappa shape index (κ2) is 10.9. The molecule has 0 aliphatic heterocycles. The van der Waals surface area contributed by atoms with Crippen LogP contribution in [0, 0.1) is 0 Å². The Morgan fingerprint density at radius 1 is 0.760 bits per heavy atom. The van der Waals surface area contributed by atoms with Crippen LogP contribution in [0.25, 0.3) is 10.8 Å². The molecule has 2 aromatic rings. The molecule has 0 amide bonds. The van der Waals surface area contributed by atoms with Crippen molar-refractivity contribution >= 4 is 10.8 Å². The molecular weight excluding hydrogens is 312 g/mol. The standard InChI is InChI=1S/C22H32O3/c1-3-5-7-11-15-24-21-17-20(23)18-13-9-10-14-19(18)22(21)25-16-12-8-6-4-2/h9-10,13-14,17,23H,3-8,11-12,15-16H2,1-2H3. The summed E-state index contributed by atoms with van der Waals surface area (Å²) in [4.78, 5) is 0. The topological polar surface area (TPSA) is 38.7 Å². The summed E-state index contributed by atoms with van der Waals surface area (Å²) in [5.74, 6) is 1.67. The van der Waals surface area contributed by atoms with Gasteiger partial charge in [0.2, 0.25) is 0 Å². The van der Waals surface area contributed by atoms with E-state index in [-0.39, 0.29) is 5.75 Å². The van der Waals surface area contributed by atoms with Gasteiger partial charge in [-0.25, -0.2) is 0 Å². The highest BCUT2D eigenvalue weighted by Crippen LogP contribution is 2.41. The largest absolute Gasteiger partial charge is 0.507 e. The lowest BCUT2D eigenvalue weighted by Crippen LogP contribution is -2.03. The van der Waals surface area contributed by atoms with Crippen molar-refractivity contribution in [3.63, 3.8) is 0 Å². The van der Waals surface area contributed by atoms with Crippen LogP contribution in [-0.2, 0) is 0 Å². The Labute approximate surface area is 152 Å². The molecule has 0 spiro atoms. The summed E-state index contributed by atoms with van der Waals surface area (Å²) in [5, 5.41) is 12.1. The van der Waals surface area contributed by atoms with Crippen LogP contribution in [0.3, 0.4) is 0 Å². The normalized spacial score (nSPS) is 11.0. The van der Waals surface area contributed by atoms with Crippen LogP contribution in [0.2, 0.25) is 0 Å². The van der Waals surface area contributed by atoms with Gasteiger partial charge in [-0.1, -0.05) is 76.6 Å². The molecule has 0 saturated heterocycles. The quantitative estimate of drug-likeness (QED) is 0.449. The summed E-state index contributed by atoms with van der Waals surface area (Å²) < 4.78 is 12.1. The molecule has 2 rings (SSSR count). The molecule has 0 unspecified atom stereocenters. The Bertz CT molecular complexity index is 636. The molecule has 25 heavy (non-hydrogen) atoms. The van der Waals surface area contributed by atoms with Gasteiger partial charge in [-0.3, -0.25) is 0 Å². The maximum atomic E-state index is 10.3. The minimum absolute atomic E-state index is 0.248. The zero-order valence-corrected chi connectivity index (χ0v) is 15.7.